The predicted octanol–water partition coefficient (Wildman–Crippen LogP) is 12.2. The molecule has 1 aliphatic carbocycles. The number of nitrogens with zero attached hydrogens (tertiary/aromatic N) is 3. The highest BCUT2D eigenvalue weighted by Gasteiger charge is 2.23. The highest BCUT2D eigenvalue weighted by molar-refractivity contribution is 6.18. The summed E-state index contributed by atoms with van der Waals surface area (Å²) >= 11 is 0. The number of pyridine rings is 1. The summed E-state index contributed by atoms with van der Waals surface area (Å²) in [5, 5.41) is 4.96. The van der Waals surface area contributed by atoms with Gasteiger partial charge < -0.3 is 0 Å². The quantitative estimate of drug-likeness (QED) is 0.189. The second-order valence-corrected chi connectivity index (χ2v) is 12.9. The Balaban J connectivity index is 1.11. The van der Waals surface area contributed by atoms with E-state index >= 15 is 0 Å². The van der Waals surface area contributed by atoms with Crippen LogP contribution >= 0.6 is 0 Å². The zero-order valence-corrected chi connectivity index (χ0v) is 27.1. The van der Waals surface area contributed by atoms with Crippen molar-refractivity contribution in [1.29, 1.82) is 0 Å². The van der Waals surface area contributed by atoms with Gasteiger partial charge >= 0.3 is 0 Å². The first-order chi connectivity index (χ1) is 24.8. The van der Waals surface area contributed by atoms with Crippen LogP contribution in [0.25, 0.3) is 100.0 Å². The molecule has 2 aromatic heterocycles. The summed E-state index contributed by atoms with van der Waals surface area (Å²) in [7, 11) is 0. The molecule has 3 nitrogen and oxygen atoms in total. The van der Waals surface area contributed by atoms with E-state index in [1.807, 2.05) is 12.3 Å². The van der Waals surface area contributed by atoms with Gasteiger partial charge in [0, 0.05) is 29.1 Å². The van der Waals surface area contributed by atoms with E-state index in [2.05, 4.69) is 163 Å². The molecule has 0 N–H and O–H groups in total. The summed E-state index contributed by atoms with van der Waals surface area (Å²) in [6.07, 6.45) is 3.69. The molecule has 0 atom stereocenters. The van der Waals surface area contributed by atoms with Gasteiger partial charge in [0.1, 0.15) is 0 Å². The minimum absolute atomic E-state index is 0.699. The van der Waals surface area contributed by atoms with Gasteiger partial charge in [0.15, 0.2) is 5.82 Å². The van der Waals surface area contributed by atoms with E-state index in [1.165, 1.54) is 49.4 Å². The molecule has 7 aromatic carbocycles. The van der Waals surface area contributed by atoms with E-state index in [1.54, 1.807) is 6.20 Å². The van der Waals surface area contributed by atoms with Gasteiger partial charge in [-0.1, -0.05) is 146 Å². The fourth-order valence-corrected chi connectivity index (χ4v) is 7.44. The number of benzene rings is 7. The van der Waals surface area contributed by atoms with Crippen molar-refractivity contribution >= 4 is 21.5 Å². The first-order valence-electron chi connectivity index (χ1n) is 16.9. The molecule has 0 radical (unpaired) electrons. The summed E-state index contributed by atoms with van der Waals surface area (Å²) in [6, 6.07) is 58.3. The van der Waals surface area contributed by atoms with Gasteiger partial charge in [-0.05, 0) is 84.3 Å². The first kappa shape index (κ1) is 28.3. The fourth-order valence-electron chi connectivity index (χ4n) is 7.44. The van der Waals surface area contributed by atoms with Crippen LogP contribution in [-0.4, -0.2) is 15.0 Å². The van der Waals surface area contributed by atoms with Crippen molar-refractivity contribution in [1.82, 2.24) is 15.0 Å². The van der Waals surface area contributed by atoms with Crippen molar-refractivity contribution in [2.75, 3.05) is 0 Å². The maximum Gasteiger partial charge on any atom is 0.160 e. The van der Waals surface area contributed by atoms with Crippen LogP contribution in [0.2, 0.25) is 0 Å². The Bertz CT molecular complexity index is 2700. The van der Waals surface area contributed by atoms with Crippen LogP contribution in [0.3, 0.4) is 0 Å². The monoisotopic (exact) mass is 635 g/mol. The molecular formula is C47H29N3. The molecule has 0 saturated heterocycles. The molecule has 2 heterocycles. The van der Waals surface area contributed by atoms with Crippen LogP contribution in [0.4, 0.5) is 0 Å². The van der Waals surface area contributed by atoms with Crippen LogP contribution < -0.4 is 0 Å². The molecule has 0 fully saturated rings. The number of hydrogen-bond acceptors (Lipinski definition) is 3. The van der Waals surface area contributed by atoms with Crippen LogP contribution in [0.15, 0.2) is 176 Å². The second kappa shape index (κ2) is 11.5. The average molecular weight is 636 g/mol. The van der Waals surface area contributed by atoms with Gasteiger partial charge in [-0.2, -0.15) is 0 Å². The Labute approximate surface area is 290 Å². The lowest BCUT2D eigenvalue weighted by Crippen LogP contribution is -1.97. The SMILES string of the molecule is c1cncc(-c2ccc(-c3cc(-c4ccc5c6c(cccc46)-c4ccccc4-5)nc(-c4ccc(-c5ccc6ccccc6c5)cc4)n3)cc2)c1. The van der Waals surface area contributed by atoms with Crippen molar-refractivity contribution in [2.45, 2.75) is 0 Å². The smallest absolute Gasteiger partial charge is 0.160 e. The largest absolute Gasteiger partial charge is 0.264 e. The van der Waals surface area contributed by atoms with Crippen molar-refractivity contribution in [3.8, 4) is 78.4 Å². The minimum atomic E-state index is 0.699. The zero-order valence-electron chi connectivity index (χ0n) is 27.1. The van der Waals surface area contributed by atoms with Gasteiger partial charge in [-0.15, -0.1) is 0 Å². The zero-order chi connectivity index (χ0) is 33.0. The molecule has 10 rings (SSSR count). The molecule has 0 spiro atoms. The third-order valence-electron chi connectivity index (χ3n) is 9.95. The Morgan fingerprint density at radius 2 is 0.960 bits per heavy atom. The number of fused-ring (bicyclic) bond motifs is 4. The third-order valence-corrected chi connectivity index (χ3v) is 9.95. The highest BCUT2D eigenvalue weighted by Crippen LogP contribution is 2.49. The number of aromatic nitrogens is 3. The lowest BCUT2D eigenvalue weighted by molar-refractivity contribution is 1.18. The van der Waals surface area contributed by atoms with Gasteiger partial charge in [0.05, 0.1) is 11.4 Å². The van der Waals surface area contributed by atoms with E-state index < -0.39 is 0 Å². The summed E-state index contributed by atoms with van der Waals surface area (Å²) in [5.41, 5.74) is 14.6. The fraction of sp³-hybridized carbons (Fsp3) is 0. The van der Waals surface area contributed by atoms with Crippen LogP contribution in [0.5, 0.6) is 0 Å². The molecule has 0 amide bonds. The molecule has 232 valence electrons. The van der Waals surface area contributed by atoms with Crippen LogP contribution in [0.1, 0.15) is 0 Å². The molecule has 50 heavy (non-hydrogen) atoms. The molecule has 0 bridgehead atoms. The van der Waals surface area contributed by atoms with Crippen molar-refractivity contribution < 1.29 is 0 Å². The van der Waals surface area contributed by atoms with E-state index in [0.29, 0.717) is 5.82 Å². The lowest BCUT2D eigenvalue weighted by Gasteiger charge is -2.13. The van der Waals surface area contributed by atoms with E-state index in [-0.39, 0.29) is 0 Å². The Morgan fingerprint density at radius 1 is 0.340 bits per heavy atom. The van der Waals surface area contributed by atoms with E-state index in [0.717, 1.165) is 44.8 Å². The lowest BCUT2D eigenvalue weighted by atomic mass is 9.95. The summed E-state index contributed by atoms with van der Waals surface area (Å²) in [5.74, 6) is 0.699. The van der Waals surface area contributed by atoms with Gasteiger partial charge in [-0.25, -0.2) is 9.97 Å². The van der Waals surface area contributed by atoms with E-state index in [4.69, 9.17) is 9.97 Å². The van der Waals surface area contributed by atoms with Crippen LogP contribution in [-0.2, 0) is 0 Å². The maximum absolute atomic E-state index is 5.27. The van der Waals surface area contributed by atoms with Gasteiger partial charge in [0.25, 0.3) is 0 Å². The predicted molar refractivity (Wildman–Crippen MR) is 206 cm³/mol. The average Bonchev–Trinajstić information content (AvgIpc) is 3.53. The molecule has 0 unspecified atom stereocenters. The van der Waals surface area contributed by atoms with Crippen LogP contribution in [0, 0.1) is 0 Å². The topological polar surface area (TPSA) is 38.7 Å². The highest BCUT2D eigenvalue weighted by atomic mass is 14.9. The second-order valence-electron chi connectivity index (χ2n) is 12.9. The van der Waals surface area contributed by atoms with Crippen molar-refractivity contribution in [2.24, 2.45) is 0 Å². The molecule has 1 aliphatic rings. The summed E-state index contributed by atoms with van der Waals surface area (Å²) in [6.45, 7) is 0. The Morgan fingerprint density at radius 3 is 1.74 bits per heavy atom. The Kier molecular flexibility index (Phi) is 6.49. The Hall–Kier alpha value is -6.71. The molecule has 0 aliphatic heterocycles. The number of rotatable bonds is 5. The summed E-state index contributed by atoms with van der Waals surface area (Å²) in [4.78, 5) is 14.8. The maximum atomic E-state index is 5.27. The standard InChI is InChI=1S/C47H29N3/c1-2-8-35-27-36(23-18-30(35)7-1)31-16-21-34(22-17-31)47-49-44(33-19-14-32(15-20-33)37-9-6-26-48-29-37)28-45(50-47)40-24-25-43-39-11-4-3-10-38(39)41-12-5-13-42(40)46(41)43/h1-29H. The third kappa shape index (κ3) is 4.71. The molecule has 9 aromatic rings. The van der Waals surface area contributed by atoms with Gasteiger partial charge in [0.2, 0.25) is 0 Å². The number of hydrogen-bond donors (Lipinski definition) is 0. The summed E-state index contributed by atoms with van der Waals surface area (Å²) < 4.78 is 0. The first-order valence-corrected chi connectivity index (χ1v) is 16.9. The van der Waals surface area contributed by atoms with Gasteiger partial charge in [-0.3, -0.25) is 4.98 Å². The minimum Gasteiger partial charge on any atom is -0.264 e. The molecule has 3 heteroatoms. The molecule has 0 saturated carbocycles. The van der Waals surface area contributed by atoms with E-state index in [9.17, 15) is 0 Å². The molecular weight excluding hydrogens is 607 g/mol. The normalized spacial score (nSPS) is 11.6. The van der Waals surface area contributed by atoms with Crippen molar-refractivity contribution in [3.05, 3.63) is 176 Å². The van der Waals surface area contributed by atoms with Crippen molar-refractivity contribution in [3.63, 3.8) is 0 Å².